The van der Waals surface area contributed by atoms with Crippen LogP contribution in [0.2, 0.25) is 0 Å². The van der Waals surface area contributed by atoms with Crippen molar-refractivity contribution in [2.45, 2.75) is 30.6 Å². The summed E-state index contributed by atoms with van der Waals surface area (Å²) in [4.78, 5) is 12.0. The number of para-hydroxylation sites is 1. The van der Waals surface area contributed by atoms with Crippen molar-refractivity contribution >= 4 is 26.6 Å². The Morgan fingerprint density at radius 1 is 1.06 bits per heavy atom. The van der Waals surface area contributed by atoms with Crippen molar-refractivity contribution in [3.63, 3.8) is 0 Å². The van der Waals surface area contributed by atoms with E-state index >= 15 is 0 Å². The second-order valence-corrected chi connectivity index (χ2v) is 11.0. The molecule has 0 spiro atoms. The lowest BCUT2D eigenvalue weighted by atomic mass is 9.94. The predicted molar refractivity (Wildman–Crippen MR) is 123 cm³/mol. The van der Waals surface area contributed by atoms with Gasteiger partial charge in [-0.1, -0.05) is 18.2 Å². The maximum Gasteiger partial charge on any atom is 0.236 e. The van der Waals surface area contributed by atoms with Crippen LogP contribution in [-0.2, 0) is 24.1 Å². The standard InChI is InChI=1S/C23H28N4O4S/c1-17-16-31-14-11-26(17)21-15-20(23(32(2,28)29)8-12-30-13-9-23)24-22(25-21)27-10-7-18-5-3-4-6-19(18)27/h3-7,10,15,17H,8-9,11-14,16H2,1-2H3/t17-/m1/s1. The maximum atomic E-state index is 13.1. The molecule has 3 aromatic rings. The third kappa shape index (κ3) is 3.58. The van der Waals surface area contributed by atoms with E-state index in [0.717, 1.165) is 16.7 Å². The molecule has 9 heteroatoms. The van der Waals surface area contributed by atoms with Crippen molar-refractivity contribution < 1.29 is 17.9 Å². The van der Waals surface area contributed by atoms with Gasteiger partial charge in [0.1, 0.15) is 10.6 Å². The summed E-state index contributed by atoms with van der Waals surface area (Å²) in [5.74, 6) is 1.21. The molecular weight excluding hydrogens is 428 g/mol. The lowest BCUT2D eigenvalue weighted by molar-refractivity contribution is 0.0731. The van der Waals surface area contributed by atoms with Gasteiger partial charge in [-0.25, -0.2) is 13.4 Å². The van der Waals surface area contributed by atoms with Crippen LogP contribution in [0.5, 0.6) is 0 Å². The molecule has 0 aliphatic carbocycles. The summed E-state index contributed by atoms with van der Waals surface area (Å²) in [6, 6.07) is 12.0. The number of morpholine rings is 1. The van der Waals surface area contributed by atoms with Crippen molar-refractivity contribution in [3.05, 3.63) is 48.3 Å². The Labute approximate surface area is 188 Å². The lowest BCUT2D eigenvalue weighted by Gasteiger charge is -2.37. The third-order valence-corrected chi connectivity index (χ3v) is 8.69. The monoisotopic (exact) mass is 456 g/mol. The molecule has 0 saturated carbocycles. The summed E-state index contributed by atoms with van der Waals surface area (Å²) in [7, 11) is -3.45. The highest BCUT2D eigenvalue weighted by Gasteiger charge is 2.46. The Bertz CT molecular complexity index is 1230. The summed E-state index contributed by atoms with van der Waals surface area (Å²) in [6.07, 6.45) is 4.01. The number of ether oxygens (including phenoxy) is 2. The first kappa shape index (κ1) is 21.4. The van der Waals surface area contributed by atoms with Gasteiger partial charge < -0.3 is 14.4 Å². The zero-order valence-electron chi connectivity index (χ0n) is 18.4. The summed E-state index contributed by atoms with van der Waals surface area (Å²) < 4.78 is 38.2. The van der Waals surface area contributed by atoms with Crippen LogP contribution in [0, 0.1) is 0 Å². The molecule has 2 aromatic heterocycles. The van der Waals surface area contributed by atoms with Crippen LogP contribution in [0.15, 0.2) is 42.6 Å². The molecule has 2 fully saturated rings. The first-order valence-corrected chi connectivity index (χ1v) is 12.9. The molecule has 1 atom stereocenters. The zero-order valence-corrected chi connectivity index (χ0v) is 19.2. The fourth-order valence-corrected chi connectivity index (χ4v) is 6.15. The van der Waals surface area contributed by atoms with Crippen molar-refractivity contribution in [2.75, 3.05) is 44.1 Å². The third-order valence-electron chi connectivity index (χ3n) is 6.65. The highest BCUT2D eigenvalue weighted by Crippen LogP contribution is 2.40. The summed E-state index contributed by atoms with van der Waals surface area (Å²) in [5, 5.41) is 1.08. The van der Waals surface area contributed by atoms with E-state index in [9.17, 15) is 8.42 Å². The molecule has 2 saturated heterocycles. The second kappa shape index (κ2) is 8.13. The van der Waals surface area contributed by atoms with Gasteiger partial charge in [0.2, 0.25) is 5.95 Å². The van der Waals surface area contributed by atoms with Crippen LogP contribution in [0.4, 0.5) is 5.82 Å². The lowest BCUT2D eigenvalue weighted by Crippen LogP contribution is -2.45. The normalized spacial score (nSPS) is 21.7. The van der Waals surface area contributed by atoms with Crippen molar-refractivity contribution in [2.24, 2.45) is 0 Å². The summed E-state index contributed by atoms with van der Waals surface area (Å²) in [5.41, 5.74) is 1.52. The minimum absolute atomic E-state index is 0.129. The second-order valence-electron chi connectivity index (χ2n) is 8.65. The molecule has 0 unspecified atom stereocenters. The van der Waals surface area contributed by atoms with E-state index in [0.29, 0.717) is 57.5 Å². The van der Waals surface area contributed by atoms with Crippen LogP contribution < -0.4 is 4.90 Å². The topological polar surface area (TPSA) is 86.5 Å². The fourth-order valence-electron chi connectivity index (χ4n) is 4.75. The van der Waals surface area contributed by atoms with E-state index in [1.165, 1.54) is 6.26 Å². The largest absolute Gasteiger partial charge is 0.381 e. The first-order chi connectivity index (χ1) is 15.4. The Kier molecular flexibility index (Phi) is 5.43. The van der Waals surface area contributed by atoms with Crippen molar-refractivity contribution in [1.29, 1.82) is 0 Å². The van der Waals surface area contributed by atoms with Gasteiger partial charge in [0.05, 0.1) is 30.5 Å². The number of nitrogens with zero attached hydrogens (tertiary/aromatic N) is 4. The number of anilines is 1. The number of hydrogen-bond donors (Lipinski definition) is 0. The molecule has 2 aliphatic heterocycles. The average Bonchev–Trinajstić information content (AvgIpc) is 3.23. The molecule has 0 bridgehead atoms. The molecule has 0 amide bonds. The minimum Gasteiger partial charge on any atom is -0.381 e. The van der Waals surface area contributed by atoms with Gasteiger partial charge in [0, 0.05) is 43.7 Å². The highest BCUT2D eigenvalue weighted by atomic mass is 32.2. The SMILES string of the molecule is C[C@@H]1COCCN1c1cc(C2(S(C)(=O)=O)CCOCC2)nc(-n2ccc3ccccc32)n1. The van der Waals surface area contributed by atoms with Crippen LogP contribution in [-0.4, -0.2) is 68.2 Å². The maximum absolute atomic E-state index is 13.1. The first-order valence-electron chi connectivity index (χ1n) is 11.0. The van der Waals surface area contributed by atoms with Crippen molar-refractivity contribution in [3.8, 4) is 5.95 Å². The molecule has 4 heterocycles. The predicted octanol–water partition coefficient (Wildman–Crippen LogP) is 2.70. The van der Waals surface area contributed by atoms with Gasteiger partial charge in [-0.3, -0.25) is 4.57 Å². The molecule has 170 valence electrons. The number of hydrogen-bond acceptors (Lipinski definition) is 7. The molecule has 0 radical (unpaired) electrons. The van der Waals surface area contributed by atoms with E-state index in [1.807, 2.05) is 47.2 Å². The van der Waals surface area contributed by atoms with Gasteiger partial charge >= 0.3 is 0 Å². The highest BCUT2D eigenvalue weighted by molar-refractivity contribution is 7.91. The minimum atomic E-state index is -3.45. The zero-order chi connectivity index (χ0) is 22.3. The van der Waals surface area contributed by atoms with Gasteiger partial charge in [0.25, 0.3) is 0 Å². The van der Waals surface area contributed by atoms with Gasteiger partial charge in [-0.05, 0) is 31.9 Å². The molecular formula is C23H28N4O4S. The van der Waals surface area contributed by atoms with Crippen LogP contribution in [0.1, 0.15) is 25.5 Å². The van der Waals surface area contributed by atoms with E-state index in [2.05, 4.69) is 11.8 Å². The van der Waals surface area contributed by atoms with E-state index < -0.39 is 14.6 Å². The van der Waals surface area contributed by atoms with Gasteiger partial charge in [-0.15, -0.1) is 0 Å². The Morgan fingerprint density at radius 2 is 1.84 bits per heavy atom. The smallest absolute Gasteiger partial charge is 0.236 e. The molecule has 32 heavy (non-hydrogen) atoms. The number of sulfone groups is 1. The quantitative estimate of drug-likeness (QED) is 0.597. The molecule has 5 rings (SSSR count). The van der Waals surface area contributed by atoms with Crippen molar-refractivity contribution in [1.82, 2.24) is 14.5 Å². The Hall–Kier alpha value is -2.49. The summed E-state index contributed by atoms with van der Waals surface area (Å²) >= 11 is 0. The van der Waals surface area contributed by atoms with Crippen LogP contribution in [0.25, 0.3) is 16.9 Å². The number of benzene rings is 1. The fraction of sp³-hybridized carbons (Fsp3) is 0.478. The van der Waals surface area contributed by atoms with Crippen LogP contribution in [0.3, 0.4) is 0 Å². The average molecular weight is 457 g/mol. The van der Waals surface area contributed by atoms with E-state index in [1.54, 1.807) is 0 Å². The summed E-state index contributed by atoms with van der Waals surface area (Å²) in [6.45, 7) is 4.78. The molecule has 0 N–H and O–H groups in total. The molecule has 8 nitrogen and oxygen atoms in total. The number of fused-ring (bicyclic) bond motifs is 1. The Balaban J connectivity index is 1.73. The number of rotatable bonds is 4. The van der Waals surface area contributed by atoms with E-state index in [-0.39, 0.29) is 6.04 Å². The van der Waals surface area contributed by atoms with Gasteiger partial charge in [-0.2, -0.15) is 4.98 Å². The molecule has 2 aliphatic rings. The van der Waals surface area contributed by atoms with Crippen LogP contribution >= 0.6 is 0 Å². The Morgan fingerprint density at radius 3 is 2.59 bits per heavy atom. The molecule has 1 aromatic carbocycles. The number of aromatic nitrogens is 3. The van der Waals surface area contributed by atoms with Gasteiger partial charge in [0.15, 0.2) is 9.84 Å². The van der Waals surface area contributed by atoms with E-state index in [4.69, 9.17) is 19.4 Å².